The van der Waals surface area contributed by atoms with Crippen LogP contribution < -0.4 is 0 Å². The summed E-state index contributed by atoms with van der Waals surface area (Å²) in [5.74, 6) is 0. The molecule has 1 heterocycles. The number of rotatable bonds is 4. The number of hydrogen-bond donors (Lipinski definition) is 0. The van der Waals surface area contributed by atoms with Crippen molar-refractivity contribution in [3.8, 4) is 44.5 Å². The van der Waals surface area contributed by atoms with Gasteiger partial charge in [-0.15, -0.1) is 0 Å². The summed E-state index contributed by atoms with van der Waals surface area (Å²) in [6.45, 7) is 0. The molecule has 0 aliphatic rings. The first-order valence-electron chi connectivity index (χ1n) is 29.4. The van der Waals surface area contributed by atoms with Gasteiger partial charge in [0.1, 0.15) is 11.2 Å². The summed E-state index contributed by atoms with van der Waals surface area (Å²) in [7, 11) is 0. The van der Waals surface area contributed by atoms with Gasteiger partial charge in [0.15, 0.2) is 0 Å². The molecule has 0 N–H and O–H groups in total. The van der Waals surface area contributed by atoms with Gasteiger partial charge in [0, 0.05) is 10.8 Å². The standard InChI is InChI=1S/C48H30O/c1-3-13-31(14-4-1)33-23-27-45-43(29-33)44-30-34(24-28-46(44)49-45)35-25-26-42(37-18-8-7-17-36(35)37)48-40-21-11-9-19-38(40)47(32-15-5-2-6-16-32)39-20-10-12-22-41(39)48/h1-30H/i1D,2D,3D,4D,5D,6D,7D,8D,9D,10D,11D,12D,13D,14D,15D,16D,17D,18D,19D,20D,21D,22D,23D,24D,25D,26D,27D,28D,29D,30D. The molecule has 0 saturated heterocycles. The lowest BCUT2D eigenvalue weighted by atomic mass is 9.84. The Bertz CT molecular complexity index is 4460. The topological polar surface area (TPSA) is 13.1 Å². The maximum Gasteiger partial charge on any atom is 0.135 e. The van der Waals surface area contributed by atoms with E-state index in [1.807, 2.05) is 0 Å². The van der Waals surface area contributed by atoms with E-state index in [0.717, 1.165) is 0 Å². The molecule has 0 aliphatic carbocycles. The smallest absolute Gasteiger partial charge is 0.135 e. The van der Waals surface area contributed by atoms with Gasteiger partial charge in [0.25, 0.3) is 0 Å². The van der Waals surface area contributed by atoms with Crippen LogP contribution in [-0.4, -0.2) is 0 Å². The summed E-state index contributed by atoms with van der Waals surface area (Å²) in [6, 6.07) is -29.2. The van der Waals surface area contributed by atoms with E-state index in [0.29, 0.717) is 0 Å². The van der Waals surface area contributed by atoms with Crippen LogP contribution >= 0.6 is 0 Å². The lowest BCUT2D eigenvalue weighted by Gasteiger charge is -2.19. The molecule has 10 rings (SSSR count). The number of fused-ring (bicyclic) bond motifs is 6. The monoisotopic (exact) mass is 652 g/mol. The first kappa shape index (κ1) is 11.1. The van der Waals surface area contributed by atoms with Gasteiger partial charge < -0.3 is 4.42 Å². The van der Waals surface area contributed by atoms with Gasteiger partial charge in [-0.1, -0.05) is 157 Å². The van der Waals surface area contributed by atoms with E-state index < -0.39 is 280 Å². The average molecular weight is 653 g/mol. The fourth-order valence-corrected chi connectivity index (χ4v) is 5.83. The minimum Gasteiger partial charge on any atom is -0.456 e. The zero-order valence-electron chi connectivity index (χ0n) is 54.4. The number of furan rings is 1. The number of benzene rings is 9. The fourth-order valence-electron chi connectivity index (χ4n) is 5.83. The number of hydrogen-bond acceptors (Lipinski definition) is 1. The molecule has 0 radical (unpaired) electrons. The van der Waals surface area contributed by atoms with Crippen molar-refractivity contribution < 1.29 is 45.5 Å². The molecule has 0 spiro atoms. The largest absolute Gasteiger partial charge is 0.456 e. The van der Waals surface area contributed by atoms with Crippen LogP contribution in [0, 0.1) is 0 Å². The summed E-state index contributed by atoms with van der Waals surface area (Å²) < 4.78 is 276. The van der Waals surface area contributed by atoms with Crippen LogP contribution in [0.4, 0.5) is 0 Å². The van der Waals surface area contributed by atoms with Crippen molar-refractivity contribution in [1.82, 2.24) is 0 Å². The van der Waals surface area contributed by atoms with Crippen LogP contribution in [0.3, 0.4) is 0 Å². The van der Waals surface area contributed by atoms with E-state index in [9.17, 15) is 16.4 Å². The Morgan fingerprint density at radius 3 is 1.31 bits per heavy atom. The van der Waals surface area contributed by atoms with Crippen molar-refractivity contribution in [2.24, 2.45) is 0 Å². The molecule has 0 saturated carbocycles. The molecule has 0 aliphatic heterocycles. The second-order valence-electron chi connectivity index (χ2n) is 10.5. The third kappa shape index (κ3) is 4.40. The van der Waals surface area contributed by atoms with Crippen molar-refractivity contribution in [2.45, 2.75) is 0 Å². The molecule has 49 heavy (non-hydrogen) atoms. The quantitative estimate of drug-likeness (QED) is 0.172. The van der Waals surface area contributed by atoms with Crippen molar-refractivity contribution in [3.05, 3.63) is 181 Å². The molecule has 0 fully saturated rings. The Labute approximate surface area is 326 Å². The van der Waals surface area contributed by atoms with Crippen LogP contribution in [0.1, 0.15) is 41.1 Å². The molecule has 1 heteroatoms. The van der Waals surface area contributed by atoms with Crippen LogP contribution in [0.15, 0.2) is 186 Å². The van der Waals surface area contributed by atoms with Gasteiger partial charge >= 0.3 is 0 Å². The summed E-state index contributed by atoms with van der Waals surface area (Å²) in [4.78, 5) is 0. The molecule has 9 aromatic carbocycles. The summed E-state index contributed by atoms with van der Waals surface area (Å²) in [6.07, 6.45) is 0. The highest BCUT2D eigenvalue weighted by molar-refractivity contribution is 6.24. The molecule has 0 unspecified atom stereocenters. The summed E-state index contributed by atoms with van der Waals surface area (Å²) in [5.41, 5.74) is -7.55. The van der Waals surface area contributed by atoms with E-state index in [2.05, 4.69) is 0 Å². The van der Waals surface area contributed by atoms with Crippen molar-refractivity contribution in [2.75, 3.05) is 0 Å². The minimum absolute atomic E-state index is 0.571. The van der Waals surface area contributed by atoms with Crippen molar-refractivity contribution >= 4 is 54.3 Å². The Balaban J connectivity index is 1.47. The highest BCUT2D eigenvalue weighted by Gasteiger charge is 2.19. The van der Waals surface area contributed by atoms with Crippen LogP contribution in [-0.2, 0) is 0 Å². The van der Waals surface area contributed by atoms with E-state index in [1.54, 1.807) is 0 Å². The van der Waals surface area contributed by atoms with Gasteiger partial charge in [0.2, 0.25) is 0 Å². The molecule has 0 amide bonds. The Hall–Kier alpha value is -6.44. The minimum atomic E-state index is -1.15. The SMILES string of the molecule is [2H]c1c([2H])c([2H])c(-c2c([2H])c([2H])c3oc4c([2H])c([2H])c(-c5c([2H])c([2H])c(-c6c7c([2H])c([2H])c([2H])c([2H])c7c(-c7c([2H])c([2H])c([2H])c([2H])c7[2H])c7c([2H])c([2H])c([2H])c([2H])c67)c6c([2H])c([2H])c([2H])c([2H])c56)c([2H])c4c3c2[2H])c([2H])c1[2H]. The maximum atomic E-state index is 9.91. The Morgan fingerprint density at radius 1 is 0.286 bits per heavy atom. The predicted octanol–water partition coefficient (Wildman–Crippen LogP) is 13.7. The third-order valence-electron chi connectivity index (χ3n) is 7.89. The van der Waals surface area contributed by atoms with Gasteiger partial charge in [0.05, 0.1) is 41.1 Å². The zero-order valence-corrected chi connectivity index (χ0v) is 24.4. The lowest BCUT2D eigenvalue weighted by molar-refractivity contribution is 0.669. The van der Waals surface area contributed by atoms with Crippen molar-refractivity contribution in [3.63, 3.8) is 0 Å². The lowest BCUT2D eigenvalue weighted by Crippen LogP contribution is -1.92. The molecular weight excluding hydrogens is 593 g/mol. The van der Waals surface area contributed by atoms with Crippen molar-refractivity contribution in [1.29, 1.82) is 0 Å². The van der Waals surface area contributed by atoms with Crippen LogP contribution in [0.5, 0.6) is 0 Å². The van der Waals surface area contributed by atoms with Crippen LogP contribution in [0.2, 0.25) is 0 Å². The maximum absolute atomic E-state index is 9.91. The molecule has 10 aromatic rings. The van der Waals surface area contributed by atoms with E-state index in [4.69, 9.17) is 29.1 Å². The second-order valence-corrected chi connectivity index (χ2v) is 10.5. The zero-order chi connectivity index (χ0) is 58.4. The van der Waals surface area contributed by atoms with Gasteiger partial charge in [-0.05, 0) is 101 Å². The summed E-state index contributed by atoms with van der Waals surface area (Å²) in [5, 5.41) is -5.86. The van der Waals surface area contributed by atoms with Gasteiger partial charge in [-0.3, -0.25) is 0 Å². The molecule has 228 valence electrons. The fraction of sp³-hybridized carbons (Fsp3) is 0. The van der Waals surface area contributed by atoms with Crippen LogP contribution in [0.25, 0.3) is 98.8 Å². The second kappa shape index (κ2) is 11.1. The highest BCUT2D eigenvalue weighted by Crippen LogP contribution is 2.46. The normalized spacial score (nSPS) is 20.2. The molecule has 0 atom stereocenters. The predicted molar refractivity (Wildman–Crippen MR) is 208 cm³/mol. The Morgan fingerprint density at radius 2 is 0.714 bits per heavy atom. The molecule has 0 bridgehead atoms. The van der Waals surface area contributed by atoms with E-state index >= 15 is 0 Å². The van der Waals surface area contributed by atoms with Gasteiger partial charge in [-0.2, -0.15) is 0 Å². The van der Waals surface area contributed by atoms with Gasteiger partial charge in [-0.25, -0.2) is 0 Å². The van der Waals surface area contributed by atoms with E-state index in [1.165, 1.54) is 0 Å². The molecule has 1 nitrogen and oxygen atoms in total. The average Bonchev–Trinajstić information content (AvgIpc) is 2.96. The Kier molecular flexibility index (Phi) is 2.50. The first-order valence-corrected chi connectivity index (χ1v) is 14.4. The third-order valence-corrected chi connectivity index (χ3v) is 7.89. The molecule has 1 aromatic heterocycles. The molecular formula is C48H30O. The summed E-state index contributed by atoms with van der Waals surface area (Å²) >= 11 is 0. The van der Waals surface area contributed by atoms with E-state index in [-0.39, 0.29) is 0 Å². The highest BCUT2D eigenvalue weighted by atomic mass is 16.3. The first-order chi connectivity index (χ1) is 36.8.